The Labute approximate surface area is 103 Å². The van der Waals surface area contributed by atoms with Crippen molar-refractivity contribution < 1.29 is 9.53 Å². The van der Waals surface area contributed by atoms with Gasteiger partial charge in [-0.15, -0.1) is 10.2 Å². The number of carbonyl (C=O) groups is 1. The molecule has 5 nitrogen and oxygen atoms in total. The smallest absolute Gasteiger partial charge is 0.322 e. The minimum Gasteiger partial charge on any atom is -0.468 e. The maximum absolute atomic E-state index is 11.4. The van der Waals surface area contributed by atoms with Crippen molar-refractivity contribution >= 4 is 29.1 Å². The van der Waals surface area contributed by atoms with Crippen LogP contribution in [0.2, 0.25) is 0 Å². The topological polar surface area (TPSA) is 64.1 Å². The molecule has 0 aliphatic carbocycles. The molecule has 0 radical (unpaired) electrons. The maximum atomic E-state index is 11.4. The number of ether oxygens (including phenoxy) is 1. The van der Waals surface area contributed by atoms with Gasteiger partial charge < -0.3 is 10.1 Å². The molecule has 1 aromatic rings. The fourth-order valence-corrected chi connectivity index (χ4v) is 2.74. The lowest BCUT2D eigenvalue weighted by Gasteiger charge is -2.14. The summed E-state index contributed by atoms with van der Waals surface area (Å²) in [6, 6.07) is -0.226. The first-order valence-electron chi connectivity index (χ1n) is 4.98. The lowest BCUT2D eigenvalue weighted by molar-refractivity contribution is -0.143. The lowest BCUT2D eigenvalue weighted by Crippen LogP contribution is -2.37. The second-order valence-electron chi connectivity index (χ2n) is 2.98. The number of esters is 1. The van der Waals surface area contributed by atoms with Gasteiger partial charge in [-0.25, -0.2) is 0 Å². The van der Waals surface area contributed by atoms with E-state index in [9.17, 15) is 4.79 Å². The maximum Gasteiger partial charge on any atom is 0.322 e. The monoisotopic (exact) mass is 261 g/mol. The van der Waals surface area contributed by atoms with E-state index in [2.05, 4.69) is 15.5 Å². The molecule has 16 heavy (non-hydrogen) atoms. The number of likely N-dealkylation sites (N-methyl/N-ethyl adjacent to an activating group) is 1. The molecule has 1 unspecified atom stereocenters. The van der Waals surface area contributed by atoms with Gasteiger partial charge in [-0.2, -0.15) is 0 Å². The summed E-state index contributed by atoms with van der Waals surface area (Å²) in [6.07, 6.45) is 0.727. The molecule has 0 bridgehead atoms. The summed E-state index contributed by atoms with van der Waals surface area (Å²) in [4.78, 5) is 11.4. The molecule has 0 spiro atoms. The van der Waals surface area contributed by atoms with Crippen LogP contribution in [0.25, 0.3) is 0 Å². The molecule has 0 saturated heterocycles. The molecule has 0 aliphatic heterocycles. The normalized spacial score (nSPS) is 12.4. The summed E-state index contributed by atoms with van der Waals surface area (Å²) in [6.45, 7) is 2.72. The van der Waals surface area contributed by atoms with Gasteiger partial charge in [0.1, 0.15) is 11.6 Å². The van der Waals surface area contributed by atoms with Gasteiger partial charge in [-0.3, -0.25) is 4.79 Å². The number of nitrogens with zero attached hydrogens (tertiary/aromatic N) is 2. The Morgan fingerprint density at radius 3 is 3.12 bits per heavy atom. The van der Waals surface area contributed by atoms with Gasteiger partial charge in [-0.05, 0) is 13.0 Å². The van der Waals surface area contributed by atoms with E-state index in [0.29, 0.717) is 0 Å². The lowest BCUT2D eigenvalue weighted by atomic mass is 10.2. The summed E-state index contributed by atoms with van der Waals surface area (Å²) in [7, 11) is 1.41. The zero-order valence-electron chi connectivity index (χ0n) is 9.30. The van der Waals surface area contributed by atoms with Crippen LogP contribution in [0.15, 0.2) is 9.85 Å². The molecule has 1 N–H and O–H groups in total. The summed E-state index contributed by atoms with van der Waals surface area (Å²) < 4.78 is 5.65. The van der Waals surface area contributed by atoms with Crippen LogP contribution in [0.3, 0.4) is 0 Å². The van der Waals surface area contributed by atoms with Crippen molar-refractivity contribution in [3.05, 3.63) is 5.51 Å². The third kappa shape index (κ3) is 4.46. The number of methoxy groups -OCH3 is 1. The zero-order chi connectivity index (χ0) is 11.8. The highest BCUT2D eigenvalue weighted by atomic mass is 32.2. The summed E-state index contributed by atoms with van der Waals surface area (Å²) in [5.74, 6) is 0.613. The minimum absolute atomic E-state index is 0.209. The molecule has 0 fully saturated rings. The van der Waals surface area contributed by atoms with Crippen molar-refractivity contribution in [2.24, 2.45) is 0 Å². The number of hydrogen-bond donors (Lipinski definition) is 1. The first kappa shape index (κ1) is 13.4. The first-order valence-corrected chi connectivity index (χ1v) is 6.84. The number of thioether (sulfide) groups is 1. The van der Waals surface area contributed by atoms with E-state index < -0.39 is 0 Å². The highest BCUT2D eigenvalue weighted by molar-refractivity contribution is 8.00. The average molecular weight is 261 g/mol. The fraction of sp³-hybridized carbons (Fsp3) is 0.667. The van der Waals surface area contributed by atoms with Gasteiger partial charge in [0.2, 0.25) is 0 Å². The number of carbonyl (C=O) groups excluding carboxylic acids is 1. The summed E-state index contributed by atoms with van der Waals surface area (Å²) in [5, 5.41) is 10.8. The molecule has 0 saturated carbocycles. The molecule has 1 atom stereocenters. The van der Waals surface area contributed by atoms with E-state index in [1.165, 1.54) is 18.4 Å². The summed E-state index contributed by atoms with van der Waals surface area (Å²) in [5.41, 5.74) is 1.70. The van der Waals surface area contributed by atoms with Crippen molar-refractivity contribution in [3.8, 4) is 0 Å². The highest BCUT2D eigenvalue weighted by Crippen LogP contribution is 2.20. The van der Waals surface area contributed by atoms with Crippen LogP contribution >= 0.6 is 23.1 Å². The molecule has 0 aliphatic rings. The zero-order valence-corrected chi connectivity index (χ0v) is 10.9. The van der Waals surface area contributed by atoms with Crippen LogP contribution in [0.4, 0.5) is 0 Å². The van der Waals surface area contributed by atoms with Gasteiger partial charge in [-0.1, -0.05) is 30.0 Å². The quantitative estimate of drug-likeness (QED) is 0.587. The van der Waals surface area contributed by atoms with Gasteiger partial charge >= 0.3 is 5.97 Å². The molecule has 7 heteroatoms. The van der Waals surface area contributed by atoms with Gasteiger partial charge in [0.05, 0.1) is 7.11 Å². The highest BCUT2D eigenvalue weighted by Gasteiger charge is 2.17. The Morgan fingerprint density at radius 1 is 1.75 bits per heavy atom. The minimum atomic E-state index is -0.226. The molecule has 1 rings (SSSR count). The van der Waals surface area contributed by atoms with Crippen molar-refractivity contribution in [1.82, 2.24) is 15.5 Å². The van der Waals surface area contributed by atoms with E-state index in [-0.39, 0.29) is 12.0 Å². The largest absolute Gasteiger partial charge is 0.468 e. The van der Waals surface area contributed by atoms with Gasteiger partial charge in [0, 0.05) is 5.75 Å². The Kier molecular flexibility index (Phi) is 6.36. The Balaban J connectivity index is 2.29. The van der Waals surface area contributed by atoms with Crippen LogP contribution < -0.4 is 5.32 Å². The predicted molar refractivity (Wildman–Crippen MR) is 64.7 cm³/mol. The number of rotatable bonds is 7. The van der Waals surface area contributed by atoms with E-state index >= 15 is 0 Å². The second kappa shape index (κ2) is 7.59. The van der Waals surface area contributed by atoms with E-state index in [4.69, 9.17) is 4.74 Å². The summed E-state index contributed by atoms with van der Waals surface area (Å²) >= 11 is 3.11. The van der Waals surface area contributed by atoms with E-state index in [1.54, 1.807) is 17.3 Å². The Morgan fingerprint density at radius 2 is 2.56 bits per heavy atom. The number of hydrogen-bond acceptors (Lipinski definition) is 7. The van der Waals surface area contributed by atoms with Crippen molar-refractivity contribution in [2.75, 3.05) is 19.4 Å². The Hall–Kier alpha value is -0.660. The number of aromatic nitrogens is 2. The first-order chi connectivity index (χ1) is 7.77. The van der Waals surface area contributed by atoms with Crippen molar-refractivity contribution in [2.45, 2.75) is 23.7 Å². The van der Waals surface area contributed by atoms with Crippen molar-refractivity contribution in [1.29, 1.82) is 0 Å². The van der Waals surface area contributed by atoms with Crippen LogP contribution in [-0.2, 0) is 9.53 Å². The predicted octanol–water partition coefficient (Wildman–Crippen LogP) is 1.17. The van der Waals surface area contributed by atoms with E-state index in [1.807, 2.05) is 6.92 Å². The van der Waals surface area contributed by atoms with Crippen LogP contribution in [-0.4, -0.2) is 41.6 Å². The third-order valence-electron chi connectivity index (χ3n) is 1.91. The fourth-order valence-electron chi connectivity index (χ4n) is 1.18. The van der Waals surface area contributed by atoms with Gasteiger partial charge in [0.25, 0.3) is 0 Å². The average Bonchev–Trinajstić information content (AvgIpc) is 2.80. The van der Waals surface area contributed by atoms with E-state index in [0.717, 1.165) is 23.1 Å². The SMILES string of the molecule is CCNC(CCSc1nncs1)C(=O)OC. The van der Waals surface area contributed by atoms with Gasteiger partial charge in [0.15, 0.2) is 4.34 Å². The molecule has 0 amide bonds. The van der Waals surface area contributed by atoms with Crippen molar-refractivity contribution in [3.63, 3.8) is 0 Å². The molecule has 90 valence electrons. The molecule has 1 heterocycles. The van der Waals surface area contributed by atoms with Crippen LogP contribution in [0, 0.1) is 0 Å². The second-order valence-corrected chi connectivity index (χ2v) is 5.15. The Bertz CT molecular complexity index is 306. The molecular formula is C9H15N3O2S2. The molecule has 1 aromatic heterocycles. The van der Waals surface area contributed by atoms with Crippen LogP contribution in [0.1, 0.15) is 13.3 Å². The molecule has 0 aromatic carbocycles. The van der Waals surface area contributed by atoms with Crippen LogP contribution in [0.5, 0.6) is 0 Å². The standard InChI is InChI=1S/C9H15N3O2S2/c1-3-10-7(8(13)14-2)4-5-15-9-12-11-6-16-9/h6-7,10H,3-5H2,1-2H3. The molecular weight excluding hydrogens is 246 g/mol. The number of nitrogens with one attached hydrogen (secondary N) is 1. The third-order valence-corrected chi connectivity index (χ3v) is 3.80.